The Hall–Kier alpha value is -0.640. The van der Waals surface area contributed by atoms with E-state index in [0.29, 0.717) is 5.92 Å². The molecule has 1 atom stereocenters. The van der Waals surface area contributed by atoms with Gasteiger partial charge in [-0.25, -0.2) is 0 Å². The average molecular weight is 297 g/mol. The molecule has 0 saturated heterocycles. The summed E-state index contributed by atoms with van der Waals surface area (Å²) in [6, 6.07) is 0. The van der Waals surface area contributed by atoms with Crippen LogP contribution < -0.4 is 0 Å². The molecule has 2 aliphatic carbocycles. The van der Waals surface area contributed by atoms with E-state index in [-0.39, 0.29) is 0 Å². The molecule has 0 amide bonds. The molecule has 2 aliphatic rings. The first-order valence-electron chi connectivity index (χ1n) is 4.65. The third kappa shape index (κ3) is 1.90. The van der Waals surface area contributed by atoms with E-state index in [1.54, 1.807) is 0 Å². The van der Waals surface area contributed by atoms with Gasteiger partial charge in [-0.3, -0.25) is 4.99 Å². The Balaban J connectivity index is 1.93. The molecule has 0 saturated carbocycles. The normalized spacial score (nSPS) is 25.1. The van der Waals surface area contributed by atoms with Crippen LogP contribution in [0.15, 0.2) is 50.2 Å². The van der Waals surface area contributed by atoms with E-state index in [4.69, 9.17) is 0 Å². The van der Waals surface area contributed by atoms with Crippen LogP contribution in [-0.4, -0.2) is 6.72 Å². The van der Waals surface area contributed by atoms with Gasteiger partial charge in [0.2, 0.25) is 0 Å². The summed E-state index contributed by atoms with van der Waals surface area (Å²) in [4.78, 5) is 3.90. The maximum absolute atomic E-state index is 3.98. The first-order chi connectivity index (χ1) is 6.72. The van der Waals surface area contributed by atoms with Crippen LogP contribution in [0.4, 0.5) is 0 Å². The largest absolute Gasteiger partial charge is 0.265 e. The first kappa shape index (κ1) is 9.90. The second-order valence-electron chi connectivity index (χ2n) is 3.62. The Morgan fingerprint density at radius 3 is 2.71 bits per heavy atom. The minimum atomic E-state index is 0.625. The molecule has 14 heavy (non-hydrogen) atoms. The quantitative estimate of drug-likeness (QED) is 0.555. The van der Waals surface area contributed by atoms with Gasteiger partial charge in [-0.2, -0.15) is 0 Å². The molecule has 0 spiro atoms. The molecule has 0 fully saturated rings. The Labute approximate surface area is 98.1 Å². The van der Waals surface area contributed by atoms with Crippen LogP contribution in [-0.2, 0) is 0 Å². The van der Waals surface area contributed by atoms with E-state index in [9.17, 15) is 0 Å². The van der Waals surface area contributed by atoms with E-state index < -0.39 is 0 Å². The number of allylic oxidation sites excluding steroid dienone is 6. The minimum absolute atomic E-state index is 0.625. The molecule has 72 valence electrons. The lowest BCUT2D eigenvalue weighted by Crippen LogP contribution is -1.98. The zero-order valence-electron chi connectivity index (χ0n) is 7.96. The van der Waals surface area contributed by atoms with Crippen molar-refractivity contribution in [3.8, 4) is 0 Å². The van der Waals surface area contributed by atoms with Crippen LogP contribution in [0.3, 0.4) is 0 Å². The Kier molecular flexibility index (Phi) is 2.72. The summed E-state index contributed by atoms with van der Waals surface area (Å²) in [7, 11) is 0. The summed E-state index contributed by atoms with van der Waals surface area (Å²) >= 11 is 2.36. The van der Waals surface area contributed by atoms with Crippen molar-refractivity contribution in [3.05, 3.63) is 45.2 Å². The van der Waals surface area contributed by atoms with Crippen molar-refractivity contribution in [2.75, 3.05) is 0 Å². The number of aliphatic imine (C=N–C) groups is 1. The van der Waals surface area contributed by atoms with Crippen molar-refractivity contribution < 1.29 is 0 Å². The summed E-state index contributed by atoms with van der Waals surface area (Å²) in [6.07, 6.45) is 8.64. The van der Waals surface area contributed by atoms with Gasteiger partial charge in [0.15, 0.2) is 0 Å². The Morgan fingerprint density at radius 2 is 2.29 bits per heavy atom. The minimum Gasteiger partial charge on any atom is -0.265 e. The van der Waals surface area contributed by atoms with Gasteiger partial charge in [0.05, 0.1) is 5.70 Å². The fraction of sp³-hybridized carbons (Fsp3) is 0.250. The van der Waals surface area contributed by atoms with Gasteiger partial charge >= 0.3 is 0 Å². The summed E-state index contributed by atoms with van der Waals surface area (Å²) in [5.41, 5.74) is 3.72. The lowest BCUT2D eigenvalue weighted by molar-refractivity contribution is 0.657. The van der Waals surface area contributed by atoms with Crippen LogP contribution >= 0.6 is 22.6 Å². The summed E-state index contributed by atoms with van der Waals surface area (Å²) in [5.74, 6) is 0.625. The number of rotatable bonds is 3. The number of nitrogens with zero attached hydrogens (tertiary/aromatic N) is 1. The van der Waals surface area contributed by atoms with E-state index >= 15 is 0 Å². The summed E-state index contributed by atoms with van der Waals surface area (Å²) < 4.78 is 1.38. The standard InChI is InChI=1S/C12H12IN/c1-8-11(12(8)13)7-9-3-5-10(14-2)6-4-9/h3,5-6,9H,1-2,4,7H2. The summed E-state index contributed by atoms with van der Waals surface area (Å²) in [5, 5.41) is 0. The lowest BCUT2D eigenvalue weighted by Gasteiger charge is -2.12. The zero-order chi connectivity index (χ0) is 10.1. The van der Waals surface area contributed by atoms with Crippen molar-refractivity contribution in [2.24, 2.45) is 10.9 Å². The molecule has 1 nitrogen and oxygen atoms in total. The van der Waals surface area contributed by atoms with Gasteiger partial charge in [-0.1, -0.05) is 18.7 Å². The molecule has 2 rings (SSSR count). The van der Waals surface area contributed by atoms with Crippen molar-refractivity contribution >= 4 is 29.3 Å². The third-order valence-corrected chi connectivity index (χ3v) is 3.95. The Bertz CT molecular complexity index is 385. The monoisotopic (exact) mass is 297 g/mol. The molecule has 0 aromatic heterocycles. The molecule has 2 heteroatoms. The second kappa shape index (κ2) is 3.85. The maximum atomic E-state index is 3.98. The SMILES string of the molecule is C=NC1=CCC(CC2=C(I)C2=C)C=C1. The number of hydrogen-bond donors (Lipinski definition) is 0. The molecule has 0 N–H and O–H groups in total. The van der Waals surface area contributed by atoms with Crippen molar-refractivity contribution in [3.63, 3.8) is 0 Å². The number of halogens is 1. The summed E-state index contributed by atoms with van der Waals surface area (Å²) in [6.45, 7) is 7.49. The highest BCUT2D eigenvalue weighted by Gasteiger charge is 2.26. The highest BCUT2D eigenvalue weighted by molar-refractivity contribution is 14.1. The molecular formula is C12H12IN. The predicted octanol–water partition coefficient (Wildman–Crippen LogP) is 3.80. The second-order valence-corrected chi connectivity index (χ2v) is 4.70. The van der Waals surface area contributed by atoms with Gasteiger partial charge in [0.1, 0.15) is 0 Å². The highest BCUT2D eigenvalue weighted by Crippen LogP contribution is 2.46. The van der Waals surface area contributed by atoms with Gasteiger partial charge in [-0.15, -0.1) is 0 Å². The topological polar surface area (TPSA) is 12.4 Å². The smallest absolute Gasteiger partial charge is 0.0579 e. The van der Waals surface area contributed by atoms with E-state index in [1.165, 1.54) is 14.7 Å². The molecular weight excluding hydrogens is 285 g/mol. The van der Waals surface area contributed by atoms with Crippen LogP contribution in [0.5, 0.6) is 0 Å². The van der Waals surface area contributed by atoms with E-state index in [2.05, 4.69) is 59.1 Å². The van der Waals surface area contributed by atoms with Crippen LogP contribution in [0.25, 0.3) is 0 Å². The maximum Gasteiger partial charge on any atom is 0.0579 e. The zero-order valence-corrected chi connectivity index (χ0v) is 10.1. The molecule has 0 aromatic carbocycles. The fourth-order valence-corrected chi connectivity index (χ4v) is 2.37. The van der Waals surface area contributed by atoms with Crippen molar-refractivity contribution in [2.45, 2.75) is 12.8 Å². The average Bonchev–Trinajstić information content (AvgIpc) is 2.77. The molecule has 1 unspecified atom stereocenters. The van der Waals surface area contributed by atoms with Gasteiger partial charge < -0.3 is 0 Å². The van der Waals surface area contributed by atoms with Crippen LogP contribution in [0.2, 0.25) is 0 Å². The van der Waals surface area contributed by atoms with E-state index in [1.807, 2.05) is 0 Å². The molecule has 0 aliphatic heterocycles. The fourth-order valence-electron chi connectivity index (χ4n) is 1.64. The van der Waals surface area contributed by atoms with Crippen LogP contribution in [0.1, 0.15) is 12.8 Å². The lowest BCUT2D eigenvalue weighted by atomic mass is 9.95. The molecule has 0 radical (unpaired) electrons. The van der Waals surface area contributed by atoms with Crippen molar-refractivity contribution in [1.82, 2.24) is 0 Å². The van der Waals surface area contributed by atoms with E-state index in [0.717, 1.165) is 18.5 Å². The highest BCUT2D eigenvalue weighted by atomic mass is 127. The van der Waals surface area contributed by atoms with Gasteiger partial charge in [0.25, 0.3) is 0 Å². The van der Waals surface area contributed by atoms with Gasteiger partial charge in [0, 0.05) is 3.58 Å². The van der Waals surface area contributed by atoms with Crippen LogP contribution in [0, 0.1) is 5.92 Å². The molecule has 0 bridgehead atoms. The molecule has 0 heterocycles. The third-order valence-electron chi connectivity index (χ3n) is 2.65. The Morgan fingerprint density at radius 1 is 1.57 bits per heavy atom. The van der Waals surface area contributed by atoms with Crippen molar-refractivity contribution in [1.29, 1.82) is 0 Å². The molecule has 0 aromatic rings. The van der Waals surface area contributed by atoms with Gasteiger partial charge in [-0.05, 0) is 65.3 Å². The number of hydrogen-bond acceptors (Lipinski definition) is 1. The first-order valence-corrected chi connectivity index (χ1v) is 5.73. The predicted molar refractivity (Wildman–Crippen MR) is 69.7 cm³/mol.